The molecule has 0 fully saturated rings. The molecule has 0 saturated heterocycles. The Morgan fingerprint density at radius 2 is 1.65 bits per heavy atom. The Bertz CT molecular complexity index is 1410. The van der Waals surface area contributed by atoms with Crippen molar-refractivity contribution < 1.29 is 22.4 Å². The van der Waals surface area contributed by atoms with E-state index < -0.39 is 27.7 Å². The number of para-hydroxylation sites is 1. The van der Waals surface area contributed by atoms with Crippen molar-refractivity contribution in [3.63, 3.8) is 0 Å². The lowest BCUT2D eigenvalue weighted by atomic mass is 10.2. The first-order valence-corrected chi connectivity index (χ1v) is 13.0. The quantitative estimate of drug-likeness (QED) is 0.254. The van der Waals surface area contributed by atoms with Gasteiger partial charge in [-0.25, -0.2) is 17.8 Å². The van der Waals surface area contributed by atoms with E-state index in [2.05, 4.69) is 20.6 Å². The van der Waals surface area contributed by atoms with E-state index in [9.17, 15) is 22.4 Å². The van der Waals surface area contributed by atoms with Gasteiger partial charge < -0.3 is 0 Å². The smallest absolute Gasteiger partial charge is 0.269 e. The van der Waals surface area contributed by atoms with Gasteiger partial charge in [0, 0.05) is 11.3 Å². The monoisotopic (exact) mass is 516 g/mol. The Morgan fingerprint density at radius 3 is 2.35 bits per heavy atom. The van der Waals surface area contributed by atoms with Crippen LogP contribution in [0.4, 0.5) is 10.1 Å². The van der Waals surface area contributed by atoms with Gasteiger partial charge >= 0.3 is 0 Å². The lowest BCUT2D eigenvalue weighted by molar-refractivity contribution is -0.119. The lowest BCUT2D eigenvalue weighted by Crippen LogP contribution is -2.42. The van der Waals surface area contributed by atoms with Crippen LogP contribution in [0.1, 0.15) is 10.4 Å². The molecule has 174 valence electrons. The molecule has 0 aliphatic carbocycles. The molecule has 34 heavy (non-hydrogen) atoms. The van der Waals surface area contributed by atoms with Gasteiger partial charge in [0.25, 0.3) is 15.9 Å². The second-order valence-corrected chi connectivity index (χ2v) is 10.8. The predicted octanol–water partition coefficient (Wildman–Crippen LogP) is 3.79. The first kappa shape index (κ1) is 23.7. The van der Waals surface area contributed by atoms with Crippen LogP contribution >= 0.6 is 23.1 Å². The molecule has 0 bridgehead atoms. The Kier molecular flexibility index (Phi) is 7.10. The number of rotatable bonds is 7. The fourth-order valence-electron chi connectivity index (χ4n) is 2.79. The molecule has 2 amide bonds. The third kappa shape index (κ3) is 5.90. The maximum Gasteiger partial charge on any atom is 0.269 e. The molecule has 0 unspecified atom stereocenters. The number of hydrogen-bond acceptors (Lipinski definition) is 7. The molecule has 0 spiro atoms. The van der Waals surface area contributed by atoms with E-state index >= 15 is 0 Å². The first-order chi connectivity index (χ1) is 16.3. The summed E-state index contributed by atoms with van der Waals surface area (Å²) >= 11 is 2.74. The van der Waals surface area contributed by atoms with Crippen molar-refractivity contribution >= 4 is 60.8 Å². The number of benzene rings is 3. The molecule has 1 heterocycles. The molecular formula is C22H17FN4O4S3. The van der Waals surface area contributed by atoms with Crippen molar-refractivity contribution in [3.05, 3.63) is 84.2 Å². The fourth-order valence-corrected chi connectivity index (χ4v) is 5.72. The molecule has 0 atom stereocenters. The van der Waals surface area contributed by atoms with Gasteiger partial charge in [0.2, 0.25) is 5.91 Å². The second kappa shape index (κ2) is 10.2. The number of halogens is 1. The van der Waals surface area contributed by atoms with Gasteiger partial charge in [-0.2, -0.15) is 0 Å². The lowest BCUT2D eigenvalue weighted by Gasteiger charge is -2.09. The minimum Gasteiger partial charge on any atom is -0.280 e. The molecule has 1 aromatic heterocycles. The van der Waals surface area contributed by atoms with E-state index in [0.717, 1.165) is 26.7 Å². The number of thioether (sulfide) groups is 1. The van der Waals surface area contributed by atoms with Gasteiger partial charge in [-0.05, 0) is 60.7 Å². The minimum atomic E-state index is -3.92. The van der Waals surface area contributed by atoms with Crippen molar-refractivity contribution in [1.29, 1.82) is 0 Å². The normalized spacial score (nSPS) is 11.2. The zero-order valence-corrected chi connectivity index (χ0v) is 19.8. The summed E-state index contributed by atoms with van der Waals surface area (Å²) in [6.45, 7) is 0. The van der Waals surface area contributed by atoms with Crippen molar-refractivity contribution in [2.24, 2.45) is 0 Å². The van der Waals surface area contributed by atoms with Crippen LogP contribution in [0.5, 0.6) is 0 Å². The Labute approximate surface area is 202 Å². The average Bonchev–Trinajstić information content (AvgIpc) is 3.26. The minimum absolute atomic E-state index is 0.0618. The van der Waals surface area contributed by atoms with Crippen molar-refractivity contribution in [3.8, 4) is 0 Å². The second-order valence-electron chi connectivity index (χ2n) is 6.88. The number of anilines is 1. The number of nitrogens with zero attached hydrogens (tertiary/aromatic N) is 1. The number of carbonyl (C=O) groups is 2. The summed E-state index contributed by atoms with van der Waals surface area (Å²) in [5.74, 6) is -1.44. The number of fused-ring (bicyclic) bond motifs is 1. The molecule has 3 N–H and O–H groups in total. The molecule has 4 rings (SSSR count). The standard InChI is InChI=1S/C22H17FN4O4S3/c23-15-7-9-16(10-8-15)27-34(30,31)17-11-5-14(6-12-17)21(29)26-25-20(28)13-32-22-24-18-3-1-2-4-19(18)33-22/h1-12,27H,13H2,(H,25,28)(H,26,29). The van der Waals surface area contributed by atoms with Gasteiger partial charge in [0.05, 0.1) is 20.9 Å². The molecule has 0 aliphatic heterocycles. The van der Waals surface area contributed by atoms with E-state index in [1.54, 1.807) is 0 Å². The summed E-state index contributed by atoms with van der Waals surface area (Å²) < 4.78 is 42.0. The number of nitrogens with one attached hydrogen (secondary N) is 3. The van der Waals surface area contributed by atoms with Crippen LogP contribution in [0.15, 0.2) is 82.0 Å². The van der Waals surface area contributed by atoms with Crippen LogP contribution in [0.25, 0.3) is 10.2 Å². The molecule has 3 aromatic carbocycles. The van der Waals surface area contributed by atoms with Crippen molar-refractivity contribution in [2.75, 3.05) is 10.5 Å². The number of amides is 2. The van der Waals surface area contributed by atoms with Crippen LogP contribution in [0.2, 0.25) is 0 Å². The summed E-state index contributed by atoms with van der Waals surface area (Å²) in [4.78, 5) is 28.7. The van der Waals surface area contributed by atoms with E-state index in [4.69, 9.17) is 0 Å². The molecule has 4 aromatic rings. The molecule has 0 aliphatic rings. The third-order valence-electron chi connectivity index (χ3n) is 4.44. The number of hydrogen-bond donors (Lipinski definition) is 3. The van der Waals surface area contributed by atoms with E-state index in [0.29, 0.717) is 0 Å². The Hall–Kier alpha value is -3.48. The van der Waals surface area contributed by atoms with Gasteiger partial charge in [-0.15, -0.1) is 11.3 Å². The number of thiazole rings is 1. The largest absolute Gasteiger partial charge is 0.280 e. The van der Waals surface area contributed by atoms with Crippen LogP contribution in [-0.2, 0) is 14.8 Å². The van der Waals surface area contributed by atoms with Crippen molar-refractivity contribution in [2.45, 2.75) is 9.24 Å². The summed E-state index contributed by atoms with van der Waals surface area (Å²) in [5.41, 5.74) is 5.84. The van der Waals surface area contributed by atoms with Gasteiger partial charge in [0.1, 0.15) is 5.82 Å². The summed E-state index contributed by atoms with van der Waals surface area (Å²) in [5, 5.41) is 0. The average molecular weight is 517 g/mol. The van der Waals surface area contributed by atoms with Gasteiger partial charge in [0.15, 0.2) is 4.34 Å². The van der Waals surface area contributed by atoms with E-state index in [-0.39, 0.29) is 21.9 Å². The highest BCUT2D eigenvalue weighted by molar-refractivity contribution is 8.01. The maximum atomic E-state index is 13.0. The predicted molar refractivity (Wildman–Crippen MR) is 130 cm³/mol. The van der Waals surface area contributed by atoms with Gasteiger partial charge in [-0.1, -0.05) is 23.9 Å². The number of hydrazine groups is 1. The Morgan fingerprint density at radius 1 is 0.941 bits per heavy atom. The molecule has 0 radical (unpaired) electrons. The third-order valence-corrected chi connectivity index (χ3v) is 8.02. The zero-order chi connectivity index (χ0) is 24.1. The van der Waals surface area contributed by atoms with Gasteiger partial charge in [-0.3, -0.25) is 25.2 Å². The highest BCUT2D eigenvalue weighted by atomic mass is 32.2. The Balaban J connectivity index is 1.29. The summed E-state index contributed by atoms with van der Waals surface area (Å²) in [6.07, 6.45) is 0. The van der Waals surface area contributed by atoms with E-state index in [1.807, 2.05) is 24.3 Å². The topological polar surface area (TPSA) is 117 Å². The van der Waals surface area contributed by atoms with E-state index in [1.165, 1.54) is 59.5 Å². The fraction of sp³-hybridized carbons (Fsp3) is 0.0455. The molecular weight excluding hydrogens is 499 g/mol. The molecule has 12 heteroatoms. The van der Waals surface area contributed by atoms with Crippen LogP contribution in [0.3, 0.4) is 0 Å². The zero-order valence-electron chi connectivity index (χ0n) is 17.3. The molecule has 8 nitrogen and oxygen atoms in total. The number of aromatic nitrogens is 1. The van der Waals surface area contributed by atoms with Crippen LogP contribution < -0.4 is 15.6 Å². The maximum absolute atomic E-state index is 13.0. The summed E-state index contributed by atoms with van der Waals surface area (Å²) in [7, 11) is -3.92. The highest BCUT2D eigenvalue weighted by Crippen LogP contribution is 2.29. The highest BCUT2D eigenvalue weighted by Gasteiger charge is 2.16. The van der Waals surface area contributed by atoms with Crippen LogP contribution in [-0.4, -0.2) is 31.0 Å². The SMILES string of the molecule is O=C(CSc1nc2ccccc2s1)NNC(=O)c1ccc(S(=O)(=O)Nc2ccc(F)cc2)cc1. The first-order valence-electron chi connectivity index (χ1n) is 9.76. The van der Waals surface area contributed by atoms with Crippen LogP contribution in [0, 0.1) is 5.82 Å². The summed E-state index contributed by atoms with van der Waals surface area (Å²) in [6, 6.07) is 17.7. The number of carbonyl (C=O) groups excluding carboxylic acids is 2. The van der Waals surface area contributed by atoms with Crippen molar-refractivity contribution in [1.82, 2.24) is 15.8 Å². The molecule has 0 saturated carbocycles. The number of sulfonamides is 1.